The molecule has 3 rings (SSSR count). The smallest absolute Gasteiger partial charge is 0.349 e. The molecule has 0 saturated carbocycles. The maximum absolute atomic E-state index is 12.0. The zero-order valence-corrected chi connectivity index (χ0v) is 20.4. The molecule has 11 heteroatoms. The SMILES string of the molecule is CC(=O)O[C@H]1CCNC[C@@H]1C.O=C(O[C@@H](C(=O)O)[C@@H](OC(=O)c1ccccc1)C(=O)O)c1ccccc1. The zero-order chi connectivity index (χ0) is 27.4. The number of piperidine rings is 1. The Kier molecular flexibility index (Phi) is 11.2. The first-order chi connectivity index (χ1) is 17.6. The molecule has 0 bridgehead atoms. The highest BCUT2D eigenvalue weighted by Gasteiger charge is 2.41. The van der Waals surface area contributed by atoms with Crippen molar-refractivity contribution in [2.24, 2.45) is 5.92 Å². The van der Waals surface area contributed by atoms with Crippen molar-refractivity contribution in [3.63, 3.8) is 0 Å². The fourth-order valence-electron chi connectivity index (χ4n) is 3.38. The van der Waals surface area contributed by atoms with Gasteiger partial charge in [-0.1, -0.05) is 43.3 Å². The first kappa shape index (κ1) is 29.0. The number of aliphatic carboxylic acids is 2. The maximum Gasteiger partial charge on any atom is 0.349 e. The number of benzene rings is 2. The van der Waals surface area contributed by atoms with E-state index < -0.39 is 36.1 Å². The van der Waals surface area contributed by atoms with Gasteiger partial charge in [0.25, 0.3) is 0 Å². The van der Waals surface area contributed by atoms with Gasteiger partial charge in [0.05, 0.1) is 11.1 Å². The molecule has 1 saturated heterocycles. The van der Waals surface area contributed by atoms with E-state index in [1.807, 2.05) is 0 Å². The van der Waals surface area contributed by atoms with E-state index in [2.05, 4.69) is 12.2 Å². The number of carbonyl (C=O) groups excluding carboxylic acids is 3. The molecule has 1 aliphatic heterocycles. The molecule has 2 aromatic carbocycles. The quantitative estimate of drug-likeness (QED) is 0.348. The summed E-state index contributed by atoms with van der Waals surface area (Å²) in [4.78, 5) is 57.5. The number of rotatable bonds is 8. The van der Waals surface area contributed by atoms with Crippen LogP contribution >= 0.6 is 0 Å². The van der Waals surface area contributed by atoms with Crippen molar-refractivity contribution in [1.29, 1.82) is 0 Å². The molecule has 1 aliphatic rings. The van der Waals surface area contributed by atoms with Crippen LogP contribution in [0.3, 0.4) is 0 Å². The van der Waals surface area contributed by atoms with Gasteiger partial charge < -0.3 is 29.7 Å². The molecule has 4 atom stereocenters. The van der Waals surface area contributed by atoms with Crippen LogP contribution in [0.25, 0.3) is 0 Å². The Balaban J connectivity index is 0.000000364. The molecule has 2 aromatic rings. The molecule has 0 aliphatic carbocycles. The fourth-order valence-corrected chi connectivity index (χ4v) is 3.38. The summed E-state index contributed by atoms with van der Waals surface area (Å²) < 4.78 is 14.6. The number of hydrogen-bond acceptors (Lipinski definition) is 9. The number of esters is 3. The van der Waals surface area contributed by atoms with Crippen molar-refractivity contribution in [2.75, 3.05) is 13.1 Å². The molecule has 0 aromatic heterocycles. The van der Waals surface area contributed by atoms with Crippen LogP contribution < -0.4 is 5.32 Å². The van der Waals surface area contributed by atoms with E-state index in [-0.39, 0.29) is 23.2 Å². The number of carboxylic acids is 2. The van der Waals surface area contributed by atoms with Crippen molar-refractivity contribution in [1.82, 2.24) is 5.32 Å². The molecule has 37 heavy (non-hydrogen) atoms. The molecule has 0 spiro atoms. The second-order valence-corrected chi connectivity index (χ2v) is 8.18. The lowest BCUT2D eigenvalue weighted by molar-refractivity contribution is -0.166. The summed E-state index contributed by atoms with van der Waals surface area (Å²) in [5, 5.41) is 21.7. The average molecular weight is 516 g/mol. The predicted molar refractivity (Wildman–Crippen MR) is 129 cm³/mol. The summed E-state index contributed by atoms with van der Waals surface area (Å²) in [7, 11) is 0. The summed E-state index contributed by atoms with van der Waals surface area (Å²) in [6, 6.07) is 14.8. The van der Waals surface area contributed by atoms with Gasteiger partial charge in [-0.25, -0.2) is 19.2 Å². The zero-order valence-electron chi connectivity index (χ0n) is 20.4. The van der Waals surface area contributed by atoms with E-state index in [9.17, 15) is 34.2 Å². The van der Waals surface area contributed by atoms with Crippen molar-refractivity contribution < 1.29 is 48.4 Å². The lowest BCUT2D eigenvalue weighted by Crippen LogP contribution is -2.45. The Morgan fingerprint density at radius 1 is 0.811 bits per heavy atom. The lowest BCUT2D eigenvalue weighted by atomic mass is 9.98. The second kappa shape index (κ2) is 14.3. The van der Waals surface area contributed by atoms with Gasteiger partial charge in [-0.05, 0) is 37.2 Å². The minimum atomic E-state index is -2.21. The van der Waals surface area contributed by atoms with Crippen LogP contribution in [0.5, 0.6) is 0 Å². The first-order valence-electron chi connectivity index (χ1n) is 11.5. The third-order valence-electron chi connectivity index (χ3n) is 5.27. The molecule has 0 unspecified atom stereocenters. The van der Waals surface area contributed by atoms with Crippen LogP contribution in [0.15, 0.2) is 60.7 Å². The van der Waals surface area contributed by atoms with Crippen molar-refractivity contribution in [3.05, 3.63) is 71.8 Å². The van der Waals surface area contributed by atoms with Crippen LogP contribution in [-0.2, 0) is 28.6 Å². The van der Waals surface area contributed by atoms with Crippen LogP contribution in [0.2, 0.25) is 0 Å². The monoisotopic (exact) mass is 515 g/mol. The summed E-state index contributed by atoms with van der Waals surface area (Å²) in [6.07, 6.45) is -3.35. The number of nitrogens with one attached hydrogen (secondary N) is 1. The third kappa shape index (κ3) is 9.37. The van der Waals surface area contributed by atoms with Crippen LogP contribution in [-0.4, -0.2) is 71.5 Å². The highest BCUT2D eigenvalue weighted by molar-refractivity contribution is 5.95. The summed E-state index contributed by atoms with van der Waals surface area (Å²) in [5.41, 5.74) is 0.0505. The molecule has 0 amide bonds. The van der Waals surface area contributed by atoms with E-state index in [0.29, 0.717) is 5.92 Å². The third-order valence-corrected chi connectivity index (χ3v) is 5.27. The number of carboxylic acid groups (broad SMARTS) is 2. The molecule has 3 N–H and O–H groups in total. The second-order valence-electron chi connectivity index (χ2n) is 8.18. The highest BCUT2D eigenvalue weighted by Crippen LogP contribution is 2.15. The van der Waals surface area contributed by atoms with Crippen molar-refractivity contribution in [2.45, 2.75) is 38.6 Å². The molecule has 198 valence electrons. The summed E-state index contributed by atoms with van der Waals surface area (Å²) in [6.45, 7) is 5.48. The van der Waals surface area contributed by atoms with Crippen LogP contribution in [0, 0.1) is 5.92 Å². The van der Waals surface area contributed by atoms with Crippen LogP contribution in [0.1, 0.15) is 41.0 Å². The van der Waals surface area contributed by atoms with E-state index >= 15 is 0 Å². The van der Waals surface area contributed by atoms with Gasteiger partial charge in [0, 0.05) is 19.4 Å². The summed E-state index contributed by atoms with van der Waals surface area (Å²) in [5.74, 6) is -5.35. The van der Waals surface area contributed by atoms with Gasteiger partial charge in [-0.3, -0.25) is 4.79 Å². The molecular weight excluding hydrogens is 486 g/mol. The minimum Gasteiger partial charge on any atom is -0.478 e. The topological polar surface area (TPSA) is 166 Å². The Morgan fingerprint density at radius 3 is 1.59 bits per heavy atom. The van der Waals surface area contributed by atoms with Gasteiger partial charge >= 0.3 is 29.8 Å². The molecule has 1 fully saturated rings. The Labute approximate surface area is 213 Å². The van der Waals surface area contributed by atoms with Crippen molar-refractivity contribution >= 4 is 29.8 Å². The molecular formula is C26H29NO10. The number of carbonyl (C=O) groups is 5. The normalized spacial score (nSPS) is 18.1. The van der Waals surface area contributed by atoms with Gasteiger partial charge in [0.2, 0.25) is 12.2 Å². The van der Waals surface area contributed by atoms with Gasteiger partial charge in [0.1, 0.15) is 6.10 Å². The van der Waals surface area contributed by atoms with Gasteiger partial charge in [0.15, 0.2) is 0 Å². The predicted octanol–water partition coefficient (Wildman–Crippen LogP) is 2.15. The molecule has 0 radical (unpaired) electrons. The lowest BCUT2D eigenvalue weighted by Gasteiger charge is -2.28. The maximum atomic E-state index is 12.0. The van der Waals surface area contributed by atoms with Crippen LogP contribution in [0.4, 0.5) is 0 Å². The number of hydrogen-bond donors (Lipinski definition) is 3. The average Bonchev–Trinajstić information content (AvgIpc) is 2.88. The molecule has 1 heterocycles. The summed E-state index contributed by atoms with van der Waals surface area (Å²) >= 11 is 0. The number of ether oxygens (including phenoxy) is 3. The van der Waals surface area contributed by atoms with E-state index in [4.69, 9.17) is 14.2 Å². The van der Waals surface area contributed by atoms with E-state index in [1.54, 1.807) is 12.1 Å². The first-order valence-corrected chi connectivity index (χ1v) is 11.5. The van der Waals surface area contributed by atoms with Crippen molar-refractivity contribution in [3.8, 4) is 0 Å². The Bertz CT molecular complexity index is 1000. The highest BCUT2D eigenvalue weighted by atomic mass is 16.6. The standard InChI is InChI=1S/C18H14O8.C8H15NO2/c19-15(20)13(25-17(23)11-7-3-1-4-8-11)14(16(21)22)26-18(24)12-9-5-2-6-10-12;1-6-5-9-4-3-8(6)11-7(2)10/h1-10,13-14H,(H,19,20)(H,21,22);6,8-9H,3-5H2,1-2H3/t13-,14-;6-,8-/m10/s1. The largest absolute Gasteiger partial charge is 0.478 e. The van der Waals surface area contributed by atoms with Gasteiger partial charge in [-0.2, -0.15) is 0 Å². The Morgan fingerprint density at radius 2 is 1.24 bits per heavy atom. The van der Waals surface area contributed by atoms with E-state index in [0.717, 1.165) is 19.5 Å². The Hall–Kier alpha value is -4.25. The van der Waals surface area contributed by atoms with Gasteiger partial charge in [-0.15, -0.1) is 0 Å². The minimum absolute atomic E-state index is 0.0253. The van der Waals surface area contributed by atoms with E-state index in [1.165, 1.54) is 55.5 Å². The molecule has 11 nitrogen and oxygen atoms in total. The fraction of sp³-hybridized carbons (Fsp3) is 0.346.